The van der Waals surface area contributed by atoms with Gasteiger partial charge in [-0.2, -0.15) is 0 Å². The van der Waals surface area contributed by atoms with Crippen molar-refractivity contribution in [2.75, 3.05) is 12.4 Å². The number of hydrogen-bond donors (Lipinski definition) is 1. The van der Waals surface area contributed by atoms with Gasteiger partial charge in [-0.1, -0.05) is 24.1 Å². The van der Waals surface area contributed by atoms with Crippen LogP contribution in [0.25, 0.3) is 6.08 Å². The molecule has 3 heteroatoms. The van der Waals surface area contributed by atoms with E-state index in [9.17, 15) is 0 Å². The fraction of sp³-hybridized carbons (Fsp3) is 0.238. The van der Waals surface area contributed by atoms with Crippen LogP contribution in [0.1, 0.15) is 30.5 Å². The molecule has 0 bridgehead atoms. The molecule has 2 aromatic rings. The van der Waals surface area contributed by atoms with Crippen LogP contribution in [-0.4, -0.2) is 12.8 Å². The lowest BCUT2D eigenvalue weighted by atomic mass is 9.76. The number of anilines is 1. The van der Waals surface area contributed by atoms with E-state index in [-0.39, 0.29) is 5.41 Å². The Bertz CT molecular complexity index is 905. The van der Waals surface area contributed by atoms with Crippen molar-refractivity contribution in [2.24, 2.45) is 0 Å². The zero-order valence-corrected chi connectivity index (χ0v) is 14.0. The van der Waals surface area contributed by atoms with Crippen molar-refractivity contribution in [3.05, 3.63) is 59.2 Å². The topological polar surface area (TPSA) is 30.5 Å². The van der Waals surface area contributed by atoms with Gasteiger partial charge in [0.05, 0.1) is 12.5 Å². The van der Waals surface area contributed by atoms with Crippen LogP contribution in [0, 0.1) is 12.3 Å². The molecular weight excluding hydrogens is 298 g/mol. The molecule has 0 radical (unpaired) electrons. The third-order valence-electron chi connectivity index (χ3n) is 5.08. The summed E-state index contributed by atoms with van der Waals surface area (Å²) in [6.07, 6.45) is 9.68. The molecule has 1 unspecified atom stereocenters. The Hall–Kier alpha value is -2.86. The number of para-hydroxylation sites is 1. The van der Waals surface area contributed by atoms with Crippen molar-refractivity contribution in [3.63, 3.8) is 0 Å². The van der Waals surface area contributed by atoms with Crippen LogP contribution < -0.4 is 14.8 Å². The molecule has 0 aromatic heterocycles. The van der Waals surface area contributed by atoms with E-state index in [1.54, 1.807) is 7.11 Å². The number of ether oxygens (including phenoxy) is 2. The minimum atomic E-state index is -0.658. The lowest BCUT2D eigenvalue weighted by molar-refractivity contribution is 0.0788. The normalized spacial score (nSPS) is 22.1. The maximum Gasteiger partial charge on any atom is 0.209 e. The number of hydrogen-bond acceptors (Lipinski definition) is 3. The maximum absolute atomic E-state index is 6.51. The van der Waals surface area contributed by atoms with Crippen LogP contribution in [-0.2, 0) is 5.41 Å². The molecule has 2 aliphatic rings. The summed E-state index contributed by atoms with van der Waals surface area (Å²) in [5.74, 6) is 4.02. The fourth-order valence-corrected chi connectivity index (χ4v) is 3.59. The summed E-state index contributed by atoms with van der Waals surface area (Å²) >= 11 is 0. The number of fused-ring (bicyclic) bond motifs is 2. The molecule has 3 nitrogen and oxygen atoms in total. The van der Waals surface area contributed by atoms with Gasteiger partial charge in [-0.05, 0) is 49.8 Å². The molecular formula is C21H19NO2. The smallest absolute Gasteiger partial charge is 0.209 e. The highest BCUT2D eigenvalue weighted by atomic mass is 16.5. The minimum Gasteiger partial charge on any atom is -0.493 e. The van der Waals surface area contributed by atoms with Gasteiger partial charge in [0.2, 0.25) is 5.72 Å². The van der Waals surface area contributed by atoms with Gasteiger partial charge in [0.25, 0.3) is 0 Å². The molecule has 2 heterocycles. The Kier molecular flexibility index (Phi) is 2.95. The first-order valence-corrected chi connectivity index (χ1v) is 7.95. The van der Waals surface area contributed by atoms with Gasteiger partial charge in [-0.25, -0.2) is 0 Å². The van der Waals surface area contributed by atoms with E-state index in [4.69, 9.17) is 15.9 Å². The molecule has 4 rings (SSSR count). The molecule has 0 aliphatic carbocycles. The highest BCUT2D eigenvalue weighted by Crippen LogP contribution is 2.52. The summed E-state index contributed by atoms with van der Waals surface area (Å²) in [5, 5.41) is 3.56. The van der Waals surface area contributed by atoms with Gasteiger partial charge in [-0.3, -0.25) is 0 Å². The molecule has 120 valence electrons. The quantitative estimate of drug-likeness (QED) is 0.800. The van der Waals surface area contributed by atoms with Gasteiger partial charge in [0, 0.05) is 16.8 Å². The molecule has 1 N–H and O–H groups in total. The van der Waals surface area contributed by atoms with E-state index in [2.05, 4.69) is 55.4 Å². The molecule has 0 saturated heterocycles. The fourth-order valence-electron chi connectivity index (χ4n) is 3.59. The number of methoxy groups -OCH3 is 1. The highest BCUT2D eigenvalue weighted by Gasteiger charge is 2.54. The van der Waals surface area contributed by atoms with Crippen molar-refractivity contribution in [3.8, 4) is 23.8 Å². The molecule has 0 saturated carbocycles. The van der Waals surface area contributed by atoms with Gasteiger partial charge < -0.3 is 14.8 Å². The van der Waals surface area contributed by atoms with Crippen LogP contribution in [0.5, 0.6) is 11.5 Å². The van der Waals surface area contributed by atoms with Crippen molar-refractivity contribution in [1.82, 2.24) is 0 Å². The van der Waals surface area contributed by atoms with E-state index < -0.39 is 5.72 Å². The summed E-state index contributed by atoms with van der Waals surface area (Å²) in [6.45, 7) is 4.37. The lowest BCUT2D eigenvalue weighted by Gasteiger charge is -2.42. The Morgan fingerprint density at radius 3 is 2.71 bits per heavy atom. The first kappa shape index (κ1) is 14.7. The lowest BCUT2D eigenvalue weighted by Crippen LogP contribution is -2.53. The second-order valence-corrected chi connectivity index (χ2v) is 6.71. The predicted molar refractivity (Wildman–Crippen MR) is 96.4 cm³/mol. The number of benzene rings is 2. The molecule has 1 spiro atoms. The van der Waals surface area contributed by atoms with Gasteiger partial charge in [0.1, 0.15) is 0 Å². The summed E-state index contributed by atoms with van der Waals surface area (Å²) in [7, 11) is 1.63. The third kappa shape index (κ3) is 1.80. The van der Waals surface area contributed by atoms with E-state index in [1.807, 2.05) is 18.2 Å². The predicted octanol–water partition coefficient (Wildman–Crippen LogP) is 4.18. The molecule has 0 amide bonds. The van der Waals surface area contributed by atoms with Crippen molar-refractivity contribution < 1.29 is 9.47 Å². The molecule has 1 atom stereocenters. The van der Waals surface area contributed by atoms with Gasteiger partial charge in [-0.15, -0.1) is 6.42 Å². The zero-order valence-electron chi connectivity index (χ0n) is 14.0. The average molecular weight is 317 g/mol. The van der Waals surface area contributed by atoms with Crippen molar-refractivity contribution in [2.45, 2.75) is 25.0 Å². The monoisotopic (exact) mass is 317 g/mol. The Labute approximate surface area is 142 Å². The van der Waals surface area contributed by atoms with E-state index in [0.717, 1.165) is 16.8 Å². The third-order valence-corrected chi connectivity index (χ3v) is 5.08. The number of nitrogens with one attached hydrogen (secondary N) is 1. The summed E-state index contributed by atoms with van der Waals surface area (Å²) in [6, 6.07) is 12.1. The zero-order chi connectivity index (χ0) is 16.9. The molecule has 0 fully saturated rings. The van der Waals surface area contributed by atoms with Crippen LogP contribution >= 0.6 is 0 Å². The van der Waals surface area contributed by atoms with Crippen LogP contribution in [0.2, 0.25) is 0 Å². The largest absolute Gasteiger partial charge is 0.493 e. The number of terminal acetylenes is 1. The van der Waals surface area contributed by atoms with Crippen LogP contribution in [0.3, 0.4) is 0 Å². The average Bonchev–Trinajstić information content (AvgIpc) is 2.81. The summed E-state index contributed by atoms with van der Waals surface area (Å²) in [4.78, 5) is 0. The van der Waals surface area contributed by atoms with Gasteiger partial charge >= 0.3 is 0 Å². The first-order valence-electron chi connectivity index (χ1n) is 7.95. The summed E-state index contributed by atoms with van der Waals surface area (Å²) < 4.78 is 12.0. The molecule has 2 aliphatic heterocycles. The maximum atomic E-state index is 6.51. The number of rotatable bonds is 1. The van der Waals surface area contributed by atoms with E-state index in [1.165, 1.54) is 5.56 Å². The molecule has 2 aromatic carbocycles. The summed E-state index contributed by atoms with van der Waals surface area (Å²) in [5.41, 5.74) is 3.13. The second kappa shape index (κ2) is 4.82. The first-order chi connectivity index (χ1) is 11.5. The Morgan fingerprint density at radius 2 is 2.00 bits per heavy atom. The Morgan fingerprint density at radius 1 is 1.21 bits per heavy atom. The Balaban J connectivity index is 1.86. The van der Waals surface area contributed by atoms with Crippen LogP contribution in [0.4, 0.5) is 5.69 Å². The second-order valence-electron chi connectivity index (χ2n) is 6.71. The van der Waals surface area contributed by atoms with Gasteiger partial charge in [0.15, 0.2) is 11.5 Å². The highest BCUT2D eigenvalue weighted by molar-refractivity contribution is 5.73. The van der Waals surface area contributed by atoms with E-state index >= 15 is 0 Å². The van der Waals surface area contributed by atoms with E-state index in [0.29, 0.717) is 11.5 Å². The van der Waals surface area contributed by atoms with Crippen LogP contribution in [0.15, 0.2) is 42.5 Å². The SMILES string of the molecule is C#Cc1cc2c(c(OC)c1)OC1(C=C2)Nc2ccccc2C1(C)C. The van der Waals surface area contributed by atoms with Crippen molar-refractivity contribution in [1.29, 1.82) is 0 Å². The van der Waals surface area contributed by atoms with Crippen molar-refractivity contribution >= 4 is 11.8 Å². The minimum absolute atomic E-state index is 0.242. The standard InChI is InChI=1S/C21H19NO2/c1-5-14-12-15-10-11-21(24-19(15)18(13-14)23-4)20(2,3)16-8-6-7-9-17(16)22-21/h1,6-13,22H,2-4H3. The molecule has 24 heavy (non-hydrogen) atoms.